The van der Waals surface area contributed by atoms with Gasteiger partial charge in [0.05, 0.1) is 23.5 Å². The summed E-state index contributed by atoms with van der Waals surface area (Å²) in [6.45, 7) is 14.9. The number of ether oxygens (including phenoxy) is 6. The van der Waals surface area contributed by atoms with Gasteiger partial charge >= 0.3 is 12.2 Å². The van der Waals surface area contributed by atoms with Crippen LogP contribution in [0.2, 0.25) is 0 Å². The maximum absolute atomic E-state index is 14.2. The number of amides is 2. The molecule has 0 radical (unpaired) electrons. The summed E-state index contributed by atoms with van der Waals surface area (Å²) in [4.78, 5) is 26.2. The van der Waals surface area contributed by atoms with Crippen LogP contribution in [-0.4, -0.2) is 52.4 Å². The quantitative estimate of drug-likeness (QED) is 0.126. The lowest BCUT2D eigenvalue weighted by atomic mass is 9.97. The maximum Gasteiger partial charge on any atom is 0.408 e. The number of carbonyl (C=O) groups is 2. The Kier molecular flexibility index (Phi) is 13.4. The fourth-order valence-corrected chi connectivity index (χ4v) is 6.79. The number of halogens is 1. The molecule has 0 aliphatic carbocycles. The number of nitrogens with one attached hydrogen (secondary N) is 4. The molecule has 60 heavy (non-hydrogen) atoms. The summed E-state index contributed by atoms with van der Waals surface area (Å²) in [7, 11) is 0. The predicted molar refractivity (Wildman–Crippen MR) is 236 cm³/mol. The van der Waals surface area contributed by atoms with Crippen LogP contribution < -0.4 is 40.2 Å². The van der Waals surface area contributed by atoms with E-state index in [1.165, 1.54) is 6.07 Å². The Labute approximate surface area is 360 Å². The Morgan fingerprint density at radius 3 is 1.70 bits per heavy atom. The van der Waals surface area contributed by atoms with Crippen molar-refractivity contribution in [2.45, 2.75) is 104 Å². The van der Waals surface area contributed by atoms with Crippen molar-refractivity contribution in [3.8, 4) is 23.0 Å². The van der Waals surface area contributed by atoms with Gasteiger partial charge < -0.3 is 49.7 Å². The van der Waals surface area contributed by atoms with Gasteiger partial charge in [0.25, 0.3) is 0 Å². The van der Waals surface area contributed by atoms with Crippen LogP contribution in [0.3, 0.4) is 0 Å². The van der Waals surface area contributed by atoms with Crippen LogP contribution in [-0.2, 0) is 22.3 Å². The van der Waals surface area contributed by atoms with E-state index in [9.17, 15) is 14.0 Å². The molecule has 12 nitrogen and oxygen atoms in total. The van der Waals surface area contributed by atoms with Crippen molar-refractivity contribution >= 4 is 58.0 Å². The van der Waals surface area contributed by atoms with Gasteiger partial charge in [-0.15, -0.1) is 0 Å². The molecule has 0 fully saturated rings. The second-order valence-electron chi connectivity index (χ2n) is 16.6. The number of alkyl carbamates (subject to hydrolysis) is 2. The molecule has 4 N–H and O–H groups in total. The summed E-state index contributed by atoms with van der Waals surface area (Å²) in [6, 6.07) is 22.8. The van der Waals surface area contributed by atoms with Crippen LogP contribution in [0.5, 0.6) is 23.0 Å². The highest BCUT2D eigenvalue weighted by atomic mass is 32.1. The number of hydrogen-bond acceptors (Lipinski definition) is 10. The lowest BCUT2D eigenvalue weighted by molar-refractivity contribution is 0.0491. The minimum absolute atomic E-state index is 0.183. The van der Waals surface area contributed by atoms with E-state index in [-0.39, 0.29) is 37.3 Å². The SMILES string of the molecule is CC1Oc2ccc(C(Cc3ccc4c(c3)OCO4)NC(=O)OC(C)(C)C)cc2NC1=S.CC1Oc2ccc(C(Cc3ccccc3F)NC(=O)OC(C)(C)C)cc2NC1=S. The second kappa shape index (κ2) is 18.3. The molecular formula is C45H51FN4O8S2. The van der Waals surface area contributed by atoms with E-state index in [2.05, 4.69) is 21.3 Å². The first kappa shape index (κ1) is 43.9. The van der Waals surface area contributed by atoms with E-state index in [1.807, 2.05) is 89.2 Å². The number of rotatable bonds is 8. The molecule has 4 aromatic carbocycles. The summed E-state index contributed by atoms with van der Waals surface area (Å²) in [5.74, 6) is 2.50. The smallest absolute Gasteiger partial charge is 0.408 e. The Balaban J connectivity index is 0.000000202. The third kappa shape index (κ3) is 11.7. The molecule has 3 heterocycles. The molecule has 318 valence electrons. The summed E-state index contributed by atoms with van der Waals surface area (Å²) < 4.78 is 47.7. The van der Waals surface area contributed by atoms with Crippen molar-refractivity contribution in [2.75, 3.05) is 17.4 Å². The number of carbonyl (C=O) groups excluding carboxylic acids is 2. The Bertz CT molecular complexity index is 2260. The third-order valence-corrected chi connectivity index (χ3v) is 10.2. The molecule has 0 bridgehead atoms. The maximum atomic E-state index is 14.2. The summed E-state index contributed by atoms with van der Waals surface area (Å²) >= 11 is 10.6. The number of hydrogen-bond donors (Lipinski definition) is 4. The molecule has 4 unspecified atom stereocenters. The first-order valence-corrected chi connectivity index (χ1v) is 20.5. The van der Waals surface area contributed by atoms with Gasteiger partial charge in [0, 0.05) is 0 Å². The van der Waals surface area contributed by atoms with Crippen LogP contribution in [0, 0.1) is 5.82 Å². The highest BCUT2D eigenvalue weighted by molar-refractivity contribution is 7.81. The van der Waals surface area contributed by atoms with Crippen molar-refractivity contribution in [3.05, 3.63) is 107 Å². The lowest BCUT2D eigenvalue weighted by Gasteiger charge is -2.28. The van der Waals surface area contributed by atoms with Gasteiger partial charge in [0.2, 0.25) is 6.79 Å². The Morgan fingerprint density at radius 2 is 1.18 bits per heavy atom. The van der Waals surface area contributed by atoms with Gasteiger partial charge in [-0.1, -0.05) is 60.8 Å². The zero-order chi connectivity index (χ0) is 43.4. The van der Waals surface area contributed by atoms with Crippen LogP contribution in [0.4, 0.5) is 25.4 Å². The van der Waals surface area contributed by atoms with Gasteiger partial charge in [-0.2, -0.15) is 0 Å². The minimum Gasteiger partial charge on any atom is -0.481 e. The van der Waals surface area contributed by atoms with E-state index in [4.69, 9.17) is 52.9 Å². The summed E-state index contributed by atoms with van der Waals surface area (Å²) in [5, 5.41) is 12.2. The van der Waals surface area contributed by atoms with Crippen molar-refractivity contribution in [1.82, 2.24) is 10.6 Å². The molecule has 4 atom stereocenters. The number of thiocarbonyl (C=S) groups is 2. The van der Waals surface area contributed by atoms with Crippen LogP contribution in [0.15, 0.2) is 78.9 Å². The van der Waals surface area contributed by atoms with Crippen molar-refractivity contribution in [1.29, 1.82) is 0 Å². The summed E-state index contributed by atoms with van der Waals surface area (Å²) in [5.41, 5.74) is 3.44. The molecule has 15 heteroatoms. The van der Waals surface area contributed by atoms with E-state index in [0.717, 1.165) is 39.6 Å². The van der Waals surface area contributed by atoms with E-state index < -0.39 is 29.4 Å². The average Bonchev–Trinajstić information content (AvgIpc) is 3.63. The van der Waals surface area contributed by atoms with Gasteiger partial charge in [0.1, 0.15) is 50.7 Å². The number of fused-ring (bicyclic) bond motifs is 3. The van der Waals surface area contributed by atoms with E-state index in [1.54, 1.807) is 39.0 Å². The lowest BCUT2D eigenvalue weighted by Crippen LogP contribution is -2.36. The Morgan fingerprint density at radius 1 is 0.700 bits per heavy atom. The molecule has 3 aliphatic heterocycles. The highest BCUT2D eigenvalue weighted by Gasteiger charge is 2.28. The zero-order valence-electron chi connectivity index (χ0n) is 34.9. The van der Waals surface area contributed by atoms with Crippen molar-refractivity contribution in [3.63, 3.8) is 0 Å². The van der Waals surface area contributed by atoms with Gasteiger partial charge in [-0.3, -0.25) is 0 Å². The molecule has 7 rings (SSSR count). The topological polar surface area (TPSA) is 138 Å². The average molecular weight is 859 g/mol. The molecular weight excluding hydrogens is 808 g/mol. The minimum atomic E-state index is -0.639. The van der Waals surface area contributed by atoms with Gasteiger partial charge in [0.15, 0.2) is 11.5 Å². The molecule has 0 saturated heterocycles. The number of anilines is 2. The van der Waals surface area contributed by atoms with Crippen LogP contribution in [0.1, 0.15) is 89.7 Å². The normalized spacial score (nSPS) is 17.4. The second-order valence-corrected chi connectivity index (χ2v) is 17.5. The molecule has 2 amide bonds. The van der Waals surface area contributed by atoms with Gasteiger partial charge in [-0.25, -0.2) is 14.0 Å². The van der Waals surface area contributed by atoms with Gasteiger partial charge in [-0.05, 0) is 133 Å². The van der Waals surface area contributed by atoms with Crippen LogP contribution >= 0.6 is 24.4 Å². The molecule has 0 aromatic heterocycles. The fraction of sp³-hybridized carbons (Fsp3) is 0.378. The molecule has 4 aromatic rings. The van der Waals surface area contributed by atoms with Crippen LogP contribution in [0.25, 0.3) is 0 Å². The monoisotopic (exact) mass is 858 g/mol. The van der Waals surface area contributed by atoms with Crippen molar-refractivity contribution in [2.24, 2.45) is 0 Å². The Hall–Kier alpha value is -5.67. The largest absolute Gasteiger partial charge is 0.481 e. The number of benzene rings is 4. The fourth-order valence-electron chi connectivity index (χ4n) is 6.48. The highest BCUT2D eigenvalue weighted by Crippen LogP contribution is 2.37. The first-order valence-electron chi connectivity index (χ1n) is 19.6. The predicted octanol–water partition coefficient (Wildman–Crippen LogP) is 9.90. The zero-order valence-corrected chi connectivity index (χ0v) is 36.5. The van der Waals surface area contributed by atoms with Crippen molar-refractivity contribution < 1.29 is 42.4 Å². The first-order chi connectivity index (χ1) is 28.3. The summed E-state index contributed by atoms with van der Waals surface area (Å²) in [6.07, 6.45) is -0.632. The van der Waals surface area contributed by atoms with E-state index >= 15 is 0 Å². The third-order valence-electron chi connectivity index (χ3n) is 9.31. The molecule has 0 spiro atoms. The molecule has 0 saturated carbocycles. The van der Waals surface area contributed by atoms with E-state index in [0.29, 0.717) is 33.5 Å². The standard InChI is InChI=1S/C23H26N2O5S.C22H25FN2O3S/c1-13-21(31)24-17-11-15(6-8-18(17)29-13)16(25-22(26)30-23(2,3)4)9-14-5-7-19-20(10-14)28-12-27-19;1-13-20(29)24-18-12-15(9-10-19(18)27-13)17(25-21(26)28-22(2,3)4)11-14-7-5-6-8-16(14)23/h5-8,10-11,13,16H,9,12H2,1-4H3,(H,24,31)(H,25,26);5-10,12-13,17H,11H2,1-4H3,(H,24,29)(H,25,26). The molecule has 3 aliphatic rings.